The van der Waals surface area contributed by atoms with Crippen LogP contribution in [0.25, 0.3) is 0 Å². The molecule has 0 bridgehead atoms. The molecule has 0 amide bonds. The van der Waals surface area contributed by atoms with Crippen LogP contribution in [0.2, 0.25) is 5.02 Å². The molecule has 1 heterocycles. The van der Waals surface area contributed by atoms with E-state index in [1.807, 2.05) is 36.6 Å². The Morgan fingerprint density at radius 2 is 2.24 bits per heavy atom. The zero-order chi connectivity index (χ0) is 18.2. The van der Waals surface area contributed by atoms with E-state index in [0.29, 0.717) is 0 Å². The summed E-state index contributed by atoms with van der Waals surface area (Å²) >= 11 is 6.15. The molecule has 4 nitrogen and oxygen atoms in total. The van der Waals surface area contributed by atoms with Crippen LogP contribution in [0.1, 0.15) is 24.9 Å². The lowest BCUT2D eigenvalue weighted by Crippen LogP contribution is -2.24. The molecular formula is C20H23ClN4. The van der Waals surface area contributed by atoms with Crippen molar-refractivity contribution in [1.29, 1.82) is 0 Å². The summed E-state index contributed by atoms with van der Waals surface area (Å²) in [5.74, 6) is 0. The maximum atomic E-state index is 6.15. The molecule has 1 aliphatic heterocycles. The van der Waals surface area contributed by atoms with Gasteiger partial charge >= 0.3 is 0 Å². The monoisotopic (exact) mass is 354 g/mol. The van der Waals surface area contributed by atoms with E-state index >= 15 is 0 Å². The Balaban J connectivity index is 2.28. The van der Waals surface area contributed by atoms with Crippen LogP contribution >= 0.6 is 11.6 Å². The first-order chi connectivity index (χ1) is 12.1. The van der Waals surface area contributed by atoms with Crippen molar-refractivity contribution in [3.8, 4) is 0 Å². The van der Waals surface area contributed by atoms with Gasteiger partial charge in [-0.1, -0.05) is 37.2 Å². The number of hydrogen-bond donors (Lipinski definition) is 1. The Morgan fingerprint density at radius 3 is 2.84 bits per heavy atom. The highest BCUT2D eigenvalue weighted by Gasteiger charge is 2.20. The van der Waals surface area contributed by atoms with Crippen molar-refractivity contribution in [2.45, 2.75) is 19.4 Å². The molecule has 0 saturated heterocycles. The number of hydrogen-bond acceptors (Lipinski definition) is 4. The van der Waals surface area contributed by atoms with Crippen molar-refractivity contribution in [3.05, 3.63) is 83.3 Å². The van der Waals surface area contributed by atoms with Gasteiger partial charge in [0.15, 0.2) is 0 Å². The highest BCUT2D eigenvalue weighted by molar-refractivity contribution is 6.30. The second kappa shape index (κ2) is 9.16. The Hall–Kier alpha value is -2.43. The molecule has 0 radical (unpaired) electrons. The first-order valence-electron chi connectivity index (χ1n) is 8.10. The number of rotatable bonds is 7. The van der Waals surface area contributed by atoms with Crippen molar-refractivity contribution in [3.63, 3.8) is 0 Å². The molecule has 0 aliphatic carbocycles. The smallest absolute Gasteiger partial charge is 0.0866 e. The van der Waals surface area contributed by atoms with Gasteiger partial charge in [0, 0.05) is 28.7 Å². The quantitative estimate of drug-likeness (QED) is 0.725. The van der Waals surface area contributed by atoms with Gasteiger partial charge in [-0.25, -0.2) is 0 Å². The van der Waals surface area contributed by atoms with Crippen LogP contribution in [0, 0.1) is 0 Å². The average Bonchev–Trinajstić information content (AvgIpc) is 2.60. The minimum atomic E-state index is 0.167. The first kappa shape index (κ1) is 18.9. The lowest BCUT2D eigenvalue weighted by Gasteiger charge is -2.33. The molecule has 25 heavy (non-hydrogen) atoms. The molecule has 2 rings (SSSR count). The largest absolute Gasteiger partial charge is 0.341 e. The predicted octanol–water partition coefficient (Wildman–Crippen LogP) is 4.63. The minimum Gasteiger partial charge on any atom is -0.341 e. The van der Waals surface area contributed by atoms with Crippen LogP contribution < -0.4 is 5.73 Å². The molecule has 1 aromatic rings. The molecule has 1 aliphatic rings. The molecule has 1 atom stereocenters. The van der Waals surface area contributed by atoms with Crippen LogP contribution in [0.5, 0.6) is 0 Å². The number of nitrogens with two attached hydrogens (primary N) is 1. The second-order valence-electron chi connectivity index (χ2n) is 5.52. The number of benzene rings is 1. The molecule has 2 N–H and O–H groups in total. The molecule has 1 aromatic carbocycles. The summed E-state index contributed by atoms with van der Waals surface area (Å²) < 4.78 is 0. The van der Waals surface area contributed by atoms with Crippen molar-refractivity contribution < 1.29 is 0 Å². The molecule has 5 heteroatoms. The van der Waals surface area contributed by atoms with Gasteiger partial charge in [-0.05, 0) is 49.1 Å². The van der Waals surface area contributed by atoms with E-state index in [1.54, 1.807) is 12.3 Å². The van der Waals surface area contributed by atoms with Crippen LogP contribution in [-0.2, 0) is 0 Å². The highest BCUT2D eigenvalue weighted by atomic mass is 35.5. The van der Waals surface area contributed by atoms with E-state index in [1.165, 1.54) is 0 Å². The first-order valence-corrected chi connectivity index (χ1v) is 8.48. The molecule has 130 valence electrons. The Morgan fingerprint density at radius 1 is 1.44 bits per heavy atom. The summed E-state index contributed by atoms with van der Waals surface area (Å²) in [6.07, 6.45) is 10.3. The van der Waals surface area contributed by atoms with Crippen LogP contribution in [0.15, 0.2) is 82.7 Å². The maximum absolute atomic E-state index is 6.15. The molecule has 0 aromatic heterocycles. The van der Waals surface area contributed by atoms with Crippen molar-refractivity contribution >= 4 is 24.0 Å². The minimum absolute atomic E-state index is 0.167. The third-order valence-electron chi connectivity index (χ3n) is 3.92. The molecule has 0 fully saturated rings. The highest BCUT2D eigenvalue weighted by Crippen LogP contribution is 2.32. The van der Waals surface area contributed by atoms with E-state index in [-0.39, 0.29) is 12.7 Å². The fraction of sp³-hybridized carbons (Fsp3) is 0.200. The molecule has 0 saturated carbocycles. The fourth-order valence-electron chi connectivity index (χ4n) is 2.79. The van der Waals surface area contributed by atoms with Gasteiger partial charge in [0.1, 0.15) is 0 Å². The number of aliphatic imine (C=N–C) groups is 2. The summed E-state index contributed by atoms with van der Waals surface area (Å²) in [6, 6.07) is 8.10. The van der Waals surface area contributed by atoms with Crippen molar-refractivity contribution in [2.75, 3.05) is 6.67 Å². The zero-order valence-corrected chi connectivity index (χ0v) is 15.2. The van der Waals surface area contributed by atoms with Gasteiger partial charge in [-0.2, -0.15) is 0 Å². The lowest BCUT2D eigenvalue weighted by molar-refractivity contribution is 0.344. The van der Waals surface area contributed by atoms with Crippen molar-refractivity contribution in [2.24, 2.45) is 15.7 Å². The number of allylic oxidation sites excluding steroid dienone is 4. The zero-order valence-electron chi connectivity index (χ0n) is 14.4. The summed E-state index contributed by atoms with van der Waals surface area (Å²) in [4.78, 5) is 10.2. The normalized spacial score (nSPS) is 16.3. The summed E-state index contributed by atoms with van der Waals surface area (Å²) in [7, 11) is 0. The second-order valence-corrected chi connectivity index (χ2v) is 5.95. The Bertz CT molecular complexity index is 759. The third kappa shape index (κ3) is 4.78. The van der Waals surface area contributed by atoms with E-state index < -0.39 is 0 Å². The van der Waals surface area contributed by atoms with Crippen LogP contribution in [-0.4, -0.2) is 24.0 Å². The Labute approximate surface area is 154 Å². The summed E-state index contributed by atoms with van der Waals surface area (Å²) in [5, 5.41) is 0.734. The van der Waals surface area contributed by atoms with Crippen LogP contribution in [0.4, 0.5) is 0 Å². The van der Waals surface area contributed by atoms with E-state index in [2.05, 4.69) is 41.2 Å². The molecular weight excluding hydrogens is 332 g/mol. The standard InChI is InChI=1S/C20H23ClN4/c1-4-20(17-6-5-7-18(21)13-17)25-11-9-16(12-15(25)2)19(24-14-22)8-10-23-3/h5-13,20H,2-4,14,22H2,1H3/b10-8-,24-19?. The number of halogens is 1. The third-order valence-corrected chi connectivity index (χ3v) is 4.15. The number of nitrogens with zero attached hydrogens (tertiary/aromatic N) is 3. The summed E-state index contributed by atoms with van der Waals surface area (Å²) in [6.45, 7) is 10.00. The summed E-state index contributed by atoms with van der Waals surface area (Å²) in [5.41, 5.74) is 9.30. The van der Waals surface area contributed by atoms with Gasteiger partial charge in [0.2, 0.25) is 0 Å². The van der Waals surface area contributed by atoms with Gasteiger partial charge in [0.25, 0.3) is 0 Å². The average molecular weight is 355 g/mol. The van der Waals surface area contributed by atoms with E-state index in [4.69, 9.17) is 17.3 Å². The lowest BCUT2D eigenvalue weighted by atomic mass is 9.99. The SMILES string of the molecule is C=N/C=C\C(=NCN)C1=CC(=C)N(C(CC)c2cccc(Cl)c2)C=C1. The predicted molar refractivity (Wildman–Crippen MR) is 108 cm³/mol. The molecule has 0 spiro atoms. The van der Waals surface area contributed by atoms with Gasteiger partial charge in [-0.3, -0.25) is 9.98 Å². The van der Waals surface area contributed by atoms with Crippen molar-refractivity contribution in [1.82, 2.24) is 4.90 Å². The van der Waals surface area contributed by atoms with E-state index in [9.17, 15) is 0 Å². The Kier molecular flexibility index (Phi) is 6.92. The maximum Gasteiger partial charge on any atom is 0.0866 e. The van der Waals surface area contributed by atoms with E-state index in [0.717, 1.165) is 34.0 Å². The molecule has 1 unspecified atom stereocenters. The topological polar surface area (TPSA) is 54.0 Å². The van der Waals surface area contributed by atoms with Crippen LogP contribution in [0.3, 0.4) is 0 Å². The van der Waals surface area contributed by atoms with Gasteiger partial charge < -0.3 is 10.6 Å². The van der Waals surface area contributed by atoms with Gasteiger partial charge in [0.05, 0.1) is 18.4 Å². The van der Waals surface area contributed by atoms with Gasteiger partial charge in [-0.15, -0.1) is 0 Å². The fourth-order valence-corrected chi connectivity index (χ4v) is 2.99.